The van der Waals surface area contributed by atoms with Gasteiger partial charge in [-0.3, -0.25) is 5.41 Å². The van der Waals surface area contributed by atoms with Crippen molar-refractivity contribution in [3.63, 3.8) is 0 Å². The summed E-state index contributed by atoms with van der Waals surface area (Å²) in [5.74, 6) is -0.0886. The Morgan fingerprint density at radius 2 is 2.33 bits per heavy atom. The van der Waals surface area contributed by atoms with Gasteiger partial charge in [0, 0.05) is 6.08 Å². The molecule has 3 nitrogen and oxygen atoms in total. The van der Waals surface area contributed by atoms with Crippen molar-refractivity contribution in [3.8, 4) is 0 Å². The average molecular weight is 146 g/mol. The highest BCUT2D eigenvalue weighted by Crippen LogP contribution is 1.92. The van der Waals surface area contributed by atoms with E-state index in [2.05, 4.69) is 11.9 Å². The predicted molar refractivity (Wildman–Crippen MR) is 39.2 cm³/mol. The molecule has 0 aromatic heterocycles. The molecule has 0 aromatic carbocycles. The molecule has 50 valence electrons. The van der Waals surface area contributed by atoms with Crippen LogP contribution in [0.25, 0.3) is 0 Å². The second kappa shape index (κ2) is 3.97. The van der Waals surface area contributed by atoms with Crippen LogP contribution in [0.4, 0.5) is 0 Å². The summed E-state index contributed by atoms with van der Waals surface area (Å²) < 4.78 is 0. The van der Waals surface area contributed by atoms with Crippen molar-refractivity contribution >= 4 is 17.4 Å². The van der Waals surface area contributed by atoms with E-state index in [1.54, 1.807) is 0 Å². The van der Waals surface area contributed by atoms with Crippen LogP contribution in [-0.2, 0) is 0 Å². The van der Waals surface area contributed by atoms with E-state index in [0.29, 0.717) is 0 Å². The lowest BCUT2D eigenvalue weighted by Gasteiger charge is -1.93. The first kappa shape index (κ1) is 8.04. The molecule has 0 radical (unpaired) electrons. The van der Waals surface area contributed by atoms with Crippen molar-refractivity contribution in [2.45, 2.75) is 0 Å². The summed E-state index contributed by atoms with van der Waals surface area (Å²) in [4.78, 5) is 0. The zero-order valence-corrected chi connectivity index (χ0v) is 5.57. The Labute approximate surface area is 58.7 Å². The largest absolute Gasteiger partial charge is 0.384 e. The van der Waals surface area contributed by atoms with Crippen LogP contribution in [0.5, 0.6) is 0 Å². The molecule has 4 N–H and O–H groups in total. The smallest absolute Gasteiger partial charge is 0.118 e. The van der Waals surface area contributed by atoms with Crippen molar-refractivity contribution < 1.29 is 0 Å². The molecular weight excluding hydrogens is 138 g/mol. The van der Waals surface area contributed by atoms with Crippen LogP contribution in [0, 0.1) is 5.41 Å². The van der Waals surface area contributed by atoms with Crippen molar-refractivity contribution in [1.82, 2.24) is 5.32 Å². The van der Waals surface area contributed by atoms with E-state index >= 15 is 0 Å². The summed E-state index contributed by atoms with van der Waals surface area (Å²) in [6.07, 6.45) is 2.69. The van der Waals surface area contributed by atoms with Crippen molar-refractivity contribution in [2.75, 3.05) is 0 Å². The van der Waals surface area contributed by atoms with E-state index < -0.39 is 0 Å². The quantitative estimate of drug-likeness (QED) is 0.312. The van der Waals surface area contributed by atoms with Gasteiger partial charge in [0.05, 0.1) is 0 Å². The van der Waals surface area contributed by atoms with Gasteiger partial charge in [-0.25, -0.2) is 0 Å². The van der Waals surface area contributed by atoms with Gasteiger partial charge in [0.15, 0.2) is 0 Å². The monoisotopic (exact) mass is 145 g/mol. The molecular formula is C5H8ClN3. The third-order valence-electron chi connectivity index (χ3n) is 0.522. The maximum atomic E-state index is 6.75. The predicted octanol–water partition coefficient (Wildman–Crippen LogP) is 0.736. The summed E-state index contributed by atoms with van der Waals surface area (Å²) in [7, 11) is 0. The molecule has 0 rings (SSSR count). The zero-order chi connectivity index (χ0) is 7.28. The van der Waals surface area contributed by atoms with Crippen LogP contribution in [0.3, 0.4) is 0 Å². The highest BCUT2D eigenvalue weighted by atomic mass is 35.5. The first-order valence-corrected chi connectivity index (χ1v) is 2.63. The van der Waals surface area contributed by atoms with Crippen LogP contribution < -0.4 is 11.1 Å². The number of hydrogen-bond acceptors (Lipinski definition) is 2. The Balaban J connectivity index is 3.83. The Kier molecular flexibility index (Phi) is 3.55. The molecule has 0 aliphatic rings. The summed E-state index contributed by atoms with van der Waals surface area (Å²) >= 11 is 5.43. The second-order valence-corrected chi connectivity index (χ2v) is 1.70. The maximum Gasteiger partial charge on any atom is 0.118 e. The fraction of sp³-hybridized carbons (Fsp3) is 0. The molecule has 0 unspecified atom stereocenters. The van der Waals surface area contributed by atoms with E-state index in [1.807, 2.05) is 0 Å². The lowest BCUT2D eigenvalue weighted by molar-refractivity contribution is 1.17. The third-order valence-corrected chi connectivity index (χ3v) is 0.740. The highest BCUT2D eigenvalue weighted by Gasteiger charge is 1.85. The molecule has 0 fully saturated rings. The van der Waals surface area contributed by atoms with E-state index in [4.69, 9.17) is 22.7 Å². The van der Waals surface area contributed by atoms with E-state index in [-0.39, 0.29) is 11.0 Å². The number of halogens is 1. The Morgan fingerprint density at radius 1 is 1.78 bits per heavy atom. The fourth-order valence-electron chi connectivity index (χ4n) is 0.276. The van der Waals surface area contributed by atoms with Gasteiger partial charge in [0.2, 0.25) is 0 Å². The van der Waals surface area contributed by atoms with Gasteiger partial charge in [0.25, 0.3) is 0 Å². The molecule has 0 amide bonds. The number of nitrogens with one attached hydrogen (secondary N) is 2. The van der Waals surface area contributed by atoms with E-state index in [9.17, 15) is 0 Å². The zero-order valence-electron chi connectivity index (χ0n) is 4.82. The summed E-state index contributed by atoms with van der Waals surface area (Å²) in [5.41, 5.74) is 4.97. The maximum absolute atomic E-state index is 6.75. The highest BCUT2D eigenvalue weighted by molar-refractivity contribution is 6.30. The molecule has 0 aliphatic carbocycles. The minimum Gasteiger partial charge on any atom is -0.384 e. The Morgan fingerprint density at radius 3 is 2.67 bits per heavy atom. The molecule has 0 atom stereocenters. The molecule has 0 aliphatic heterocycles. The first-order chi connectivity index (χ1) is 4.16. The van der Waals surface area contributed by atoms with Crippen LogP contribution in [0.1, 0.15) is 0 Å². The lowest BCUT2D eigenvalue weighted by Crippen LogP contribution is -2.08. The van der Waals surface area contributed by atoms with Crippen molar-refractivity contribution in [3.05, 3.63) is 24.0 Å². The topological polar surface area (TPSA) is 61.9 Å². The number of amidine groups is 1. The first-order valence-electron chi connectivity index (χ1n) is 2.25. The van der Waals surface area contributed by atoms with Crippen molar-refractivity contribution in [1.29, 1.82) is 5.41 Å². The van der Waals surface area contributed by atoms with Gasteiger partial charge in [-0.1, -0.05) is 18.2 Å². The molecule has 0 spiro atoms. The van der Waals surface area contributed by atoms with Gasteiger partial charge in [-0.15, -0.1) is 0 Å². The van der Waals surface area contributed by atoms with Crippen LogP contribution in [0.2, 0.25) is 0 Å². The number of rotatable bonds is 3. The minimum atomic E-state index is -0.0886. The molecule has 0 aromatic rings. The Bertz CT molecular complexity index is 150. The fourth-order valence-corrected chi connectivity index (χ4v) is 0.470. The third kappa shape index (κ3) is 4.90. The lowest BCUT2D eigenvalue weighted by atomic mass is 10.6. The number of nitrogens with two attached hydrogens (primary N) is 1. The summed E-state index contributed by atoms with van der Waals surface area (Å²) in [5, 5.41) is 9.58. The molecule has 0 saturated carbocycles. The second-order valence-electron chi connectivity index (χ2n) is 1.30. The van der Waals surface area contributed by atoms with Gasteiger partial charge in [-0.2, -0.15) is 0 Å². The normalized spacial score (nSPS) is 10.6. The van der Waals surface area contributed by atoms with Crippen LogP contribution in [-0.4, -0.2) is 5.84 Å². The minimum absolute atomic E-state index is 0.0886. The number of hydrogen-bond donors (Lipinski definition) is 3. The van der Waals surface area contributed by atoms with Crippen LogP contribution >= 0.6 is 11.6 Å². The van der Waals surface area contributed by atoms with E-state index in [0.717, 1.165) is 0 Å². The molecule has 0 saturated heterocycles. The van der Waals surface area contributed by atoms with Gasteiger partial charge < -0.3 is 11.1 Å². The van der Waals surface area contributed by atoms with Crippen molar-refractivity contribution in [2.24, 2.45) is 5.73 Å². The SMILES string of the molecule is C=CNC(Cl)=CC(=N)N. The molecule has 0 bridgehead atoms. The molecule has 9 heavy (non-hydrogen) atoms. The van der Waals surface area contributed by atoms with E-state index in [1.165, 1.54) is 12.3 Å². The molecule has 0 heterocycles. The Hall–Kier alpha value is -0.960. The van der Waals surface area contributed by atoms with Gasteiger partial charge in [0.1, 0.15) is 11.0 Å². The summed E-state index contributed by atoms with van der Waals surface area (Å²) in [6.45, 7) is 3.36. The van der Waals surface area contributed by atoms with Gasteiger partial charge >= 0.3 is 0 Å². The standard InChI is InChI=1S/C5H8ClN3/c1-2-9-4(6)3-5(7)8/h2-3,9H,1H2,(H3,7,8). The summed E-state index contributed by atoms with van der Waals surface area (Å²) in [6, 6.07) is 0. The average Bonchev–Trinajstić information content (AvgIpc) is 1.63. The van der Waals surface area contributed by atoms with Crippen LogP contribution in [0.15, 0.2) is 24.0 Å². The van der Waals surface area contributed by atoms with Gasteiger partial charge in [-0.05, 0) is 6.20 Å². The molecule has 4 heteroatoms.